The minimum atomic E-state index is -0.847. The number of aromatic nitrogens is 1. The van der Waals surface area contributed by atoms with Crippen molar-refractivity contribution >= 4 is 33.9 Å². The number of aryl methyl sites for hydroxylation is 2. The van der Waals surface area contributed by atoms with E-state index in [-0.39, 0.29) is 5.76 Å². The van der Waals surface area contributed by atoms with E-state index in [1.54, 1.807) is 11.4 Å². The topological polar surface area (TPSA) is 79.3 Å². The number of rotatable bonds is 5. The highest BCUT2D eigenvalue weighted by Gasteiger charge is 2.16. The fourth-order valence-corrected chi connectivity index (χ4v) is 3.31. The summed E-state index contributed by atoms with van der Waals surface area (Å²) < 4.78 is 0. The first-order valence-electron chi connectivity index (χ1n) is 8.28. The number of anilines is 1. The van der Waals surface area contributed by atoms with Crippen LogP contribution < -0.4 is 5.32 Å². The SMILES string of the molecule is Cc1ccc(C(O)=CC(=O)C(=O)Nc2nc(-c3ccccc3)cs2)c(C)c1. The van der Waals surface area contributed by atoms with Crippen LogP contribution in [0.3, 0.4) is 0 Å². The number of hydrogen-bond acceptors (Lipinski definition) is 5. The van der Waals surface area contributed by atoms with Gasteiger partial charge in [-0.1, -0.05) is 54.1 Å². The number of amides is 1. The summed E-state index contributed by atoms with van der Waals surface area (Å²) >= 11 is 1.23. The molecule has 27 heavy (non-hydrogen) atoms. The summed E-state index contributed by atoms with van der Waals surface area (Å²) in [5, 5.41) is 14.8. The van der Waals surface area contributed by atoms with Gasteiger partial charge in [-0.15, -0.1) is 11.3 Å². The molecule has 3 aromatic rings. The van der Waals surface area contributed by atoms with Crippen LogP contribution in [0.2, 0.25) is 0 Å². The van der Waals surface area contributed by atoms with E-state index in [9.17, 15) is 14.7 Å². The Kier molecular flexibility index (Phi) is 5.47. The summed E-state index contributed by atoms with van der Waals surface area (Å²) in [7, 11) is 0. The molecule has 0 spiro atoms. The van der Waals surface area contributed by atoms with Gasteiger partial charge in [0.25, 0.3) is 5.91 Å². The third-order valence-corrected chi connectivity index (χ3v) is 4.70. The maximum absolute atomic E-state index is 12.1. The monoisotopic (exact) mass is 378 g/mol. The highest BCUT2D eigenvalue weighted by molar-refractivity contribution is 7.14. The van der Waals surface area contributed by atoms with Crippen molar-refractivity contribution < 1.29 is 14.7 Å². The van der Waals surface area contributed by atoms with Crippen LogP contribution in [0.5, 0.6) is 0 Å². The molecule has 3 rings (SSSR count). The molecule has 1 amide bonds. The van der Waals surface area contributed by atoms with Crippen LogP contribution in [0.1, 0.15) is 16.7 Å². The molecule has 0 aliphatic rings. The lowest BCUT2D eigenvalue weighted by Crippen LogP contribution is -2.21. The largest absolute Gasteiger partial charge is 0.507 e. The van der Waals surface area contributed by atoms with Crippen molar-refractivity contribution in [3.8, 4) is 11.3 Å². The predicted octanol–water partition coefficient (Wildman–Crippen LogP) is 4.53. The second-order valence-corrected chi connectivity index (χ2v) is 6.93. The summed E-state index contributed by atoms with van der Waals surface area (Å²) in [6.45, 7) is 3.77. The molecule has 1 heterocycles. The molecular formula is C21H18N2O3S. The van der Waals surface area contributed by atoms with Crippen molar-refractivity contribution in [2.45, 2.75) is 13.8 Å². The number of nitrogens with one attached hydrogen (secondary N) is 1. The number of benzene rings is 2. The molecule has 0 aliphatic carbocycles. The zero-order valence-electron chi connectivity index (χ0n) is 14.9. The van der Waals surface area contributed by atoms with Crippen LogP contribution in [0.4, 0.5) is 5.13 Å². The van der Waals surface area contributed by atoms with Gasteiger partial charge in [0.05, 0.1) is 5.69 Å². The van der Waals surface area contributed by atoms with Crippen molar-refractivity contribution in [1.29, 1.82) is 0 Å². The smallest absolute Gasteiger partial charge is 0.298 e. The van der Waals surface area contributed by atoms with Crippen molar-refractivity contribution in [2.75, 3.05) is 5.32 Å². The van der Waals surface area contributed by atoms with E-state index < -0.39 is 11.7 Å². The minimum Gasteiger partial charge on any atom is -0.507 e. The highest BCUT2D eigenvalue weighted by Crippen LogP contribution is 2.24. The lowest BCUT2D eigenvalue weighted by atomic mass is 10.0. The van der Waals surface area contributed by atoms with Crippen molar-refractivity contribution in [3.63, 3.8) is 0 Å². The van der Waals surface area contributed by atoms with E-state index in [2.05, 4.69) is 10.3 Å². The Balaban J connectivity index is 1.71. The predicted molar refractivity (Wildman–Crippen MR) is 108 cm³/mol. The highest BCUT2D eigenvalue weighted by atomic mass is 32.1. The second kappa shape index (κ2) is 7.97. The van der Waals surface area contributed by atoms with Gasteiger partial charge in [0, 0.05) is 22.6 Å². The molecular weight excluding hydrogens is 360 g/mol. The summed E-state index contributed by atoms with van der Waals surface area (Å²) in [4.78, 5) is 28.5. The average molecular weight is 378 g/mol. The van der Waals surface area contributed by atoms with Crippen LogP contribution in [0.25, 0.3) is 17.0 Å². The molecule has 136 valence electrons. The molecule has 5 nitrogen and oxygen atoms in total. The molecule has 2 N–H and O–H groups in total. The Morgan fingerprint density at radius 3 is 2.56 bits per heavy atom. The average Bonchev–Trinajstić information content (AvgIpc) is 3.10. The van der Waals surface area contributed by atoms with Gasteiger partial charge in [0.1, 0.15) is 5.76 Å². The number of carbonyl (C=O) groups excluding carboxylic acids is 2. The summed E-state index contributed by atoms with van der Waals surface area (Å²) in [6, 6.07) is 15.0. The van der Waals surface area contributed by atoms with E-state index in [4.69, 9.17) is 0 Å². The second-order valence-electron chi connectivity index (χ2n) is 6.07. The normalized spacial score (nSPS) is 11.3. The van der Waals surface area contributed by atoms with Gasteiger partial charge >= 0.3 is 0 Å². The Bertz CT molecular complexity index is 1020. The van der Waals surface area contributed by atoms with E-state index in [1.807, 2.05) is 56.3 Å². The Morgan fingerprint density at radius 1 is 1.11 bits per heavy atom. The van der Waals surface area contributed by atoms with Crippen LogP contribution in [0.15, 0.2) is 60.0 Å². The number of aliphatic hydroxyl groups excluding tert-OH is 1. The number of carbonyl (C=O) groups is 2. The van der Waals surface area contributed by atoms with E-state index in [1.165, 1.54) is 11.3 Å². The zero-order chi connectivity index (χ0) is 19.4. The molecule has 1 aromatic heterocycles. The molecule has 0 saturated carbocycles. The fourth-order valence-electron chi connectivity index (χ4n) is 2.60. The molecule has 0 atom stereocenters. The third-order valence-electron chi connectivity index (χ3n) is 3.94. The molecule has 0 radical (unpaired) electrons. The molecule has 0 fully saturated rings. The number of nitrogens with zero attached hydrogens (tertiary/aromatic N) is 1. The first-order chi connectivity index (χ1) is 12.9. The van der Waals surface area contributed by atoms with Crippen LogP contribution in [-0.4, -0.2) is 21.8 Å². The van der Waals surface area contributed by atoms with Crippen molar-refractivity contribution in [3.05, 3.63) is 76.7 Å². The first kappa shape index (κ1) is 18.5. The Labute approximate surface area is 161 Å². The first-order valence-corrected chi connectivity index (χ1v) is 9.16. The Morgan fingerprint density at radius 2 is 1.85 bits per heavy atom. The van der Waals surface area contributed by atoms with Gasteiger partial charge in [-0.3, -0.25) is 14.9 Å². The zero-order valence-corrected chi connectivity index (χ0v) is 15.7. The number of hydrogen-bond donors (Lipinski definition) is 2. The van der Waals surface area contributed by atoms with Gasteiger partial charge < -0.3 is 5.11 Å². The summed E-state index contributed by atoms with van der Waals surface area (Å²) in [5.74, 6) is -1.93. The van der Waals surface area contributed by atoms with Crippen molar-refractivity contribution in [1.82, 2.24) is 4.98 Å². The van der Waals surface area contributed by atoms with Gasteiger partial charge in [-0.05, 0) is 19.4 Å². The molecule has 0 bridgehead atoms. The maximum Gasteiger partial charge on any atom is 0.298 e. The standard InChI is InChI=1S/C21H18N2O3S/c1-13-8-9-16(14(2)10-13)18(24)11-19(25)20(26)23-21-22-17(12-27-21)15-6-4-3-5-7-15/h3-12,24H,1-2H3,(H,22,23,26). The summed E-state index contributed by atoms with van der Waals surface area (Å²) in [6.07, 6.45) is 0.929. The van der Waals surface area contributed by atoms with Gasteiger partial charge in [0.15, 0.2) is 5.13 Å². The van der Waals surface area contributed by atoms with E-state index in [0.29, 0.717) is 10.7 Å². The van der Waals surface area contributed by atoms with E-state index in [0.717, 1.165) is 28.5 Å². The quantitative estimate of drug-likeness (QED) is 0.388. The lowest BCUT2D eigenvalue weighted by Gasteiger charge is -2.06. The van der Waals surface area contributed by atoms with Gasteiger partial charge in [0.2, 0.25) is 5.78 Å². The van der Waals surface area contributed by atoms with Crippen LogP contribution in [-0.2, 0) is 9.59 Å². The van der Waals surface area contributed by atoms with E-state index >= 15 is 0 Å². The lowest BCUT2D eigenvalue weighted by molar-refractivity contribution is -0.131. The molecule has 0 saturated heterocycles. The fraction of sp³-hybridized carbons (Fsp3) is 0.0952. The minimum absolute atomic E-state index is 0.239. The third kappa shape index (κ3) is 4.48. The molecule has 0 unspecified atom stereocenters. The van der Waals surface area contributed by atoms with Gasteiger partial charge in [-0.2, -0.15) is 0 Å². The maximum atomic E-state index is 12.1. The number of aliphatic hydroxyl groups is 1. The summed E-state index contributed by atoms with van der Waals surface area (Å²) in [5.41, 5.74) is 4.03. The van der Waals surface area contributed by atoms with Crippen LogP contribution >= 0.6 is 11.3 Å². The molecule has 2 aromatic carbocycles. The molecule has 6 heteroatoms. The Hall–Kier alpha value is -3.25. The van der Waals surface area contributed by atoms with Crippen molar-refractivity contribution in [2.24, 2.45) is 0 Å². The number of thiazole rings is 1. The molecule has 0 aliphatic heterocycles. The van der Waals surface area contributed by atoms with Gasteiger partial charge in [-0.25, -0.2) is 4.98 Å². The van der Waals surface area contributed by atoms with Crippen LogP contribution in [0, 0.1) is 13.8 Å². The number of ketones is 1.